The van der Waals surface area contributed by atoms with Gasteiger partial charge in [0.25, 0.3) is 0 Å². The van der Waals surface area contributed by atoms with E-state index < -0.39 is 0 Å². The van der Waals surface area contributed by atoms with E-state index in [0.717, 1.165) is 12.5 Å². The van der Waals surface area contributed by atoms with Crippen molar-refractivity contribution in [3.05, 3.63) is 24.3 Å². The molecule has 2 rings (SSSR count). The van der Waals surface area contributed by atoms with Gasteiger partial charge >= 0.3 is 0 Å². The largest absolute Gasteiger partial charge is 0.384 e. The fourth-order valence-electron chi connectivity index (χ4n) is 2.48. The zero-order valence-corrected chi connectivity index (χ0v) is 11.6. The summed E-state index contributed by atoms with van der Waals surface area (Å²) in [6, 6.07) is 8.57. The number of nitrogens with zero attached hydrogens (tertiary/aromatic N) is 1. The smallest absolute Gasteiger partial charge is 0.0478 e. The van der Waals surface area contributed by atoms with Crippen LogP contribution in [0.4, 0.5) is 5.69 Å². The van der Waals surface area contributed by atoms with Crippen LogP contribution in [-0.4, -0.2) is 37.8 Å². The Morgan fingerprint density at radius 2 is 2.24 bits per heavy atom. The Balaban J connectivity index is 1.88. The zero-order chi connectivity index (χ0) is 12.1. The van der Waals surface area contributed by atoms with Crippen molar-refractivity contribution in [2.24, 2.45) is 5.92 Å². The number of para-hydroxylation sites is 1. The molecule has 94 valence electrons. The van der Waals surface area contributed by atoms with E-state index in [1.54, 1.807) is 0 Å². The first-order valence-corrected chi connectivity index (χ1v) is 7.57. The molecule has 1 unspecified atom stereocenters. The number of benzene rings is 1. The number of thioether (sulfide) groups is 1. The van der Waals surface area contributed by atoms with Crippen LogP contribution in [0.2, 0.25) is 0 Å². The van der Waals surface area contributed by atoms with Gasteiger partial charge in [0.2, 0.25) is 0 Å². The minimum absolute atomic E-state index is 0.795. The lowest BCUT2D eigenvalue weighted by molar-refractivity contribution is 0.217. The first kappa shape index (κ1) is 12.8. The second kappa shape index (κ2) is 6.31. The summed E-state index contributed by atoms with van der Waals surface area (Å²) in [4.78, 5) is 3.78. The quantitative estimate of drug-likeness (QED) is 0.826. The molecule has 1 heterocycles. The van der Waals surface area contributed by atoms with E-state index in [0.29, 0.717) is 0 Å². The van der Waals surface area contributed by atoms with E-state index in [9.17, 15) is 0 Å². The average Bonchev–Trinajstić information content (AvgIpc) is 2.37. The number of rotatable bonds is 4. The second-order valence-corrected chi connectivity index (χ2v) is 5.70. The summed E-state index contributed by atoms with van der Waals surface area (Å²) in [6.07, 6.45) is 4.83. The Hall–Kier alpha value is -0.670. The number of likely N-dealkylation sites (tertiary alicyclic amines) is 1. The fraction of sp³-hybridized carbons (Fsp3) is 0.571. The molecule has 1 atom stereocenters. The molecule has 0 aromatic heterocycles. The SMILES string of the molecule is CSc1ccccc1NCC1CCCN(C)C1. The highest BCUT2D eigenvalue weighted by Gasteiger charge is 2.16. The van der Waals surface area contributed by atoms with E-state index in [1.807, 2.05) is 11.8 Å². The molecule has 0 amide bonds. The van der Waals surface area contributed by atoms with Gasteiger partial charge in [-0.15, -0.1) is 11.8 Å². The monoisotopic (exact) mass is 250 g/mol. The average molecular weight is 250 g/mol. The van der Waals surface area contributed by atoms with Gasteiger partial charge in [0.05, 0.1) is 0 Å². The number of nitrogens with one attached hydrogen (secondary N) is 1. The third-order valence-electron chi connectivity index (χ3n) is 3.41. The highest BCUT2D eigenvalue weighted by atomic mass is 32.2. The van der Waals surface area contributed by atoms with Crippen molar-refractivity contribution in [1.29, 1.82) is 0 Å². The normalized spacial score (nSPS) is 21.4. The summed E-state index contributed by atoms with van der Waals surface area (Å²) in [5, 5.41) is 3.61. The highest BCUT2D eigenvalue weighted by molar-refractivity contribution is 7.98. The first-order chi connectivity index (χ1) is 8.29. The third-order valence-corrected chi connectivity index (χ3v) is 4.21. The van der Waals surface area contributed by atoms with Crippen molar-refractivity contribution < 1.29 is 0 Å². The first-order valence-electron chi connectivity index (χ1n) is 6.35. The van der Waals surface area contributed by atoms with Crippen LogP contribution in [0.15, 0.2) is 29.2 Å². The lowest BCUT2D eigenvalue weighted by Gasteiger charge is -2.30. The fourth-order valence-corrected chi connectivity index (χ4v) is 3.06. The molecule has 1 aliphatic heterocycles. The van der Waals surface area contributed by atoms with Gasteiger partial charge in [-0.25, -0.2) is 0 Å². The van der Waals surface area contributed by atoms with Gasteiger partial charge < -0.3 is 10.2 Å². The van der Waals surface area contributed by atoms with Gasteiger partial charge in [-0.1, -0.05) is 12.1 Å². The molecule has 1 aromatic rings. The third kappa shape index (κ3) is 3.65. The predicted octanol–water partition coefficient (Wildman–Crippen LogP) is 3.16. The number of hydrogen-bond acceptors (Lipinski definition) is 3. The summed E-state index contributed by atoms with van der Waals surface area (Å²) < 4.78 is 0. The zero-order valence-electron chi connectivity index (χ0n) is 10.8. The van der Waals surface area contributed by atoms with Gasteiger partial charge in [0.15, 0.2) is 0 Å². The molecule has 1 saturated heterocycles. The van der Waals surface area contributed by atoms with Gasteiger partial charge in [-0.05, 0) is 50.7 Å². The van der Waals surface area contributed by atoms with Crippen molar-refractivity contribution in [3.8, 4) is 0 Å². The molecule has 0 radical (unpaired) electrons. The van der Waals surface area contributed by atoms with Crippen LogP contribution in [0.1, 0.15) is 12.8 Å². The maximum absolute atomic E-state index is 3.61. The molecule has 0 saturated carbocycles. The lowest BCUT2D eigenvalue weighted by Crippen LogP contribution is -2.35. The molecule has 0 spiro atoms. The van der Waals surface area contributed by atoms with Crippen molar-refractivity contribution in [1.82, 2.24) is 4.90 Å². The van der Waals surface area contributed by atoms with E-state index in [1.165, 1.54) is 36.5 Å². The minimum Gasteiger partial charge on any atom is -0.384 e. The molecule has 0 bridgehead atoms. The molecule has 3 heteroatoms. The maximum Gasteiger partial charge on any atom is 0.0478 e. The van der Waals surface area contributed by atoms with E-state index in [-0.39, 0.29) is 0 Å². The van der Waals surface area contributed by atoms with Crippen LogP contribution >= 0.6 is 11.8 Å². The van der Waals surface area contributed by atoms with Crippen LogP contribution in [0, 0.1) is 5.92 Å². The van der Waals surface area contributed by atoms with Gasteiger partial charge in [-0.2, -0.15) is 0 Å². The summed E-state index contributed by atoms with van der Waals surface area (Å²) in [5.41, 5.74) is 1.29. The molecule has 0 aliphatic carbocycles. The molecule has 1 aromatic carbocycles. The molecular weight excluding hydrogens is 228 g/mol. The van der Waals surface area contributed by atoms with Gasteiger partial charge in [0, 0.05) is 23.7 Å². The van der Waals surface area contributed by atoms with Crippen LogP contribution in [0.3, 0.4) is 0 Å². The maximum atomic E-state index is 3.61. The molecule has 17 heavy (non-hydrogen) atoms. The lowest BCUT2D eigenvalue weighted by atomic mass is 9.98. The second-order valence-electron chi connectivity index (χ2n) is 4.85. The standard InChI is InChI=1S/C14H22N2S/c1-16-9-5-6-12(11-16)10-15-13-7-3-4-8-14(13)17-2/h3-4,7-8,12,15H,5-6,9-11H2,1-2H3. The summed E-state index contributed by atoms with van der Waals surface area (Å²) in [5.74, 6) is 0.795. The number of piperidine rings is 1. The van der Waals surface area contributed by atoms with Crippen LogP contribution in [0.5, 0.6) is 0 Å². The Kier molecular flexibility index (Phi) is 4.75. The van der Waals surface area contributed by atoms with Crippen LogP contribution in [-0.2, 0) is 0 Å². The predicted molar refractivity (Wildman–Crippen MR) is 76.9 cm³/mol. The van der Waals surface area contributed by atoms with Gasteiger partial charge in [-0.3, -0.25) is 0 Å². The highest BCUT2D eigenvalue weighted by Crippen LogP contribution is 2.25. The van der Waals surface area contributed by atoms with Gasteiger partial charge in [0.1, 0.15) is 0 Å². The van der Waals surface area contributed by atoms with Crippen molar-refractivity contribution in [2.75, 3.05) is 38.3 Å². The van der Waals surface area contributed by atoms with E-state index >= 15 is 0 Å². The Morgan fingerprint density at radius 1 is 1.41 bits per heavy atom. The molecule has 1 aliphatic rings. The molecule has 1 fully saturated rings. The van der Waals surface area contributed by atoms with Crippen molar-refractivity contribution in [3.63, 3.8) is 0 Å². The molecular formula is C14H22N2S. The molecule has 2 nitrogen and oxygen atoms in total. The van der Waals surface area contributed by atoms with Crippen molar-refractivity contribution >= 4 is 17.4 Å². The number of anilines is 1. The van der Waals surface area contributed by atoms with E-state index in [2.05, 4.69) is 47.8 Å². The van der Waals surface area contributed by atoms with Crippen LogP contribution < -0.4 is 5.32 Å². The van der Waals surface area contributed by atoms with E-state index in [4.69, 9.17) is 0 Å². The minimum atomic E-state index is 0.795. The van der Waals surface area contributed by atoms with Crippen LogP contribution in [0.25, 0.3) is 0 Å². The summed E-state index contributed by atoms with van der Waals surface area (Å²) in [7, 11) is 2.22. The molecule has 1 N–H and O–H groups in total. The Labute approximate surface area is 109 Å². The topological polar surface area (TPSA) is 15.3 Å². The Bertz CT molecular complexity index is 354. The van der Waals surface area contributed by atoms with Crippen molar-refractivity contribution in [2.45, 2.75) is 17.7 Å². The number of hydrogen-bond donors (Lipinski definition) is 1. The summed E-state index contributed by atoms with van der Waals surface area (Å²) >= 11 is 1.81. The Morgan fingerprint density at radius 3 is 3.00 bits per heavy atom. The summed E-state index contributed by atoms with van der Waals surface area (Å²) in [6.45, 7) is 3.59.